The first kappa shape index (κ1) is 10.2. The highest BCUT2D eigenvalue weighted by Gasteiger charge is 2.18. The van der Waals surface area contributed by atoms with Crippen molar-refractivity contribution < 1.29 is 4.79 Å². The molecule has 0 spiro atoms. The summed E-state index contributed by atoms with van der Waals surface area (Å²) < 4.78 is 0. The van der Waals surface area contributed by atoms with Gasteiger partial charge in [0.05, 0.1) is 0 Å². The van der Waals surface area contributed by atoms with Crippen LogP contribution >= 0.6 is 0 Å². The predicted octanol–water partition coefficient (Wildman–Crippen LogP) is 2.72. The average molecular weight is 223 g/mol. The van der Waals surface area contributed by atoms with E-state index in [1.165, 1.54) is 22.3 Å². The number of pyridine rings is 1. The lowest BCUT2D eigenvalue weighted by Crippen LogP contribution is -1.92. The molecule has 0 unspecified atom stereocenters. The van der Waals surface area contributed by atoms with E-state index in [-0.39, 0.29) is 0 Å². The summed E-state index contributed by atoms with van der Waals surface area (Å²) in [6.07, 6.45) is 4.87. The van der Waals surface area contributed by atoms with Crippen LogP contribution in [0, 0.1) is 6.92 Å². The summed E-state index contributed by atoms with van der Waals surface area (Å²) >= 11 is 0. The van der Waals surface area contributed by atoms with E-state index < -0.39 is 0 Å². The Morgan fingerprint density at radius 2 is 1.94 bits per heavy atom. The molecule has 3 rings (SSSR count). The lowest BCUT2D eigenvalue weighted by molar-refractivity contribution is -0.117. The van der Waals surface area contributed by atoms with Crippen molar-refractivity contribution in [1.82, 2.24) is 4.98 Å². The van der Waals surface area contributed by atoms with Gasteiger partial charge in [-0.3, -0.25) is 9.78 Å². The third-order valence-corrected chi connectivity index (χ3v) is 3.31. The molecular formula is C15H13NO. The van der Waals surface area contributed by atoms with Gasteiger partial charge in [-0.05, 0) is 40.8 Å². The maximum Gasteiger partial charge on any atom is 0.141 e. The van der Waals surface area contributed by atoms with Gasteiger partial charge in [-0.1, -0.05) is 18.2 Å². The quantitative estimate of drug-likeness (QED) is 0.744. The number of Topliss-reactive ketones (excluding diaryl/α,β-unsaturated/α-hetero) is 1. The van der Waals surface area contributed by atoms with Crippen molar-refractivity contribution in [3.8, 4) is 11.1 Å². The molecule has 0 saturated carbocycles. The molecule has 0 saturated heterocycles. The van der Waals surface area contributed by atoms with Gasteiger partial charge < -0.3 is 0 Å². The molecule has 1 aliphatic rings. The smallest absolute Gasteiger partial charge is 0.141 e. The van der Waals surface area contributed by atoms with Crippen LogP contribution < -0.4 is 0 Å². The van der Waals surface area contributed by atoms with Crippen molar-refractivity contribution in [1.29, 1.82) is 0 Å². The van der Waals surface area contributed by atoms with E-state index in [1.807, 2.05) is 12.3 Å². The average Bonchev–Trinajstić information content (AvgIpc) is 2.68. The van der Waals surface area contributed by atoms with Gasteiger partial charge in [0.15, 0.2) is 0 Å². The zero-order chi connectivity index (χ0) is 11.8. The van der Waals surface area contributed by atoms with Gasteiger partial charge in [-0.25, -0.2) is 0 Å². The lowest BCUT2D eigenvalue weighted by atomic mass is 9.99. The standard InChI is InChI=1S/C15H13NO/c1-10-9-16-5-4-15(10)12-3-2-11-7-14(17)8-13(11)6-12/h2-6,9H,7-8H2,1H3. The molecule has 0 N–H and O–H groups in total. The summed E-state index contributed by atoms with van der Waals surface area (Å²) in [5.41, 5.74) is 5.91. The Kier molecular flexibility index (Phi) is 2.29. The fraction of sp³-hybridized carbons (Fsp3) is 0.200. The number of nitrogens with zero attached hydrogens (tertiary/aromatic N) is 1. The SMILES string of the molecule is Cc1cnccc1-c1ccc2c(c1)CC(=O)C2. The summed E-state index contributed by atoms with van der Waals surface area (Å²) in [4.78, 5) is 15.5. The number of benzene rings is 1. The molecule has 0 bridgehead atoms. The van der Waals surface area contributed by atoms with Crippen LogP contribution in [0.4, 0.5) is 0 Å². The zero-order valence-electron chi connectivity index (χ0n) is 9.73. The molecule has 0 aliphatic heterocycles. The Hall–Kier alpha value is -1.96. The van der Waals surface area contributed by atoms with Crippen molar-refractivity contribution in [3.05, 3.63) is 53.3 Å². The minimum Gasteiger partial charge on any atom is -0.299 e. The van der Waals surface area contributed by atoms with Gasteiger partial charge in [-0.15, -0.1) is 0 Å². The monoisotopic (exact) mass is 223 g/mol. The fourth-order valence-electron chi connectivity index (χ4n) is 2.42. The third kappa shape index (κ3) is 1.76. The maximum atomic E-state index is 11.4. The molecule has 1 aliphatic carbocycles. The van der Waals surface area contributed by atoms with E-state index >= 15 is 0 Å². The van der Waals surface area contributed by atoms with E-state index in [9.17, 15) is 4.79 Å². The van der Waals surface area contributed by atoms with Crippen molar-refractivity contribution in [2.24, 2.45) is 0 Å². The van der Waals surface area contributed by atoms with Gasteiger partial charge in [-0.2, -0.15) is 0 Å². The summed E-state index contributed by atoms with van der Waals surface area (Å²) in [6.45, 7) is 2.06. The lowest BCUT2D eigenvalue weighted by Gasteiger charge is -2.07. The first-order valence-electron chi connectivity index (χ1n) is 5.78. The minimum absolute atomic E-state index is 0.323. The molecule has 84 valence electrons. The number of fused-ring (bicyclic) bond motifs is 1. The topological polar surface area (TPSA) is 30.0 Å². The molecule has 0 radical (unpaired) electrons. The highest BCUT2D eigenvalue weighted by molar-refractivity contribution is 5.88. The number of carbonyl (C=O) groups is 1. The first-order chi connectivity index (χ1) is 8.24. The summed E-state index contributed by atoms with van der Waals surface area (Å²) in [7, 11) is 0. The van der Waals surface area contributed by atoms with Crippen molar-refractivity contribution >= 4 is 5.78 Å². The van der Waals surface area contributed by atoms with Crippen LogP contribution in [-0.4, -0.2) is 10.8 Å². The van der Waals surface area contributed by atoms with Crippen LogP contribution in [0.1, 0.15) is 16.7 Å². The Bertz CT molecular complexity index is 602. The van der Waals surface area contributed by atoms with E-state index in [4.69, 9.17) is 0 Å². The Labute approximate surface area is 100 Å². The Balaban J connectivity index is 2.09. The number of aromatic nitrogens is 1. The molecular weight excluding hydrogens is 210 g/mol. The Morgan fingerprint density at radius 3 is 2.76 bits per heavy atom. The normalized spacial score (nSPS) is 13.8. The van der Waals surface area contributed by atoms with E-state index in [0.29, 0.717) is 18.6 Å². The largest absolute Gasteiger partial charge is 0.299 e. The molecule has 2 aromatic rings. The summed E-state index contributed by atoms with van der Waals surface area (Å²) in [5.74, 6) is 0.323. The van der Waals surface area contributed by atoms with E-state index in [1.54, 1.807) is 6.20 Å². The number of hydrogen-bond acceptors (Lipinski definition) is 2. The van der Waals surface area contributed by atoms with Crippen molar-refractivity contribution in [2.45, 2.75) is 19.8 Å². The number of hydrogen-bond donors (Lipinski definition) is 0. The van der Waals surface area contributed by atoms with Gasteiger partial charge in [0.2, 0.25) is 0 Å². The highest BCUT2D eigenvalue weighted by Crippen LogP contribution is 2.28. The van der Waals surface area contributed by atoms with Crippen LogP contribution in [0.5, 0.6) is 0 Å². The van der Waals surface area contributed by atoms with Crippen LogP contribution in [-0.2, 0) is 17.6 Å². The fourth-order valence-corrected chi connectivity index (χ4v) is 2.42. The Morgan fingerprint density at radius 1 is 1.12 bits per heavy atom. The second-order valence-electron chi connectivity index (χ2n) is 4.57. The molecule has 1 aromatic heterocycles. The van der Waals surface area contributed by atoms with Crippen LogP contribution in [0.25, 0.3) is 11.1 Å². The zero-order valence-corrected chi connectivity index (χ0v) is 9.73. The van der Waals surface area contributed by atoms with Crippen LogP contribution in [0.3, 0.4) is 0 Å². The molecule has 0 fully saturated rings. The van der Waals surface area contributed by atoms with Gasteiger partial charge in [0.25, 0.3) is 0 Å². The van der Waals surface area contributed by atoms with Crippen molar-refractivity contribution in [3.63, 3.8) is 0 Å². The van der Waals surface area contributed by atoms with E-state index in [0.717, 1.165) is 5.56 Å². The molecule has 2 heteroatoms. The van der Waals surface area contributed by atoms with Gasteiger partial charge in [0, 0.05) is 25.2 Å². The predicted molar refractivity (Wildman–Crippen MR) is 66.8 cm³/mol. The molecule has 0 amide bonds. The summed E-state index contributed by atoms with van der Waals surface area (Å²) in [6, 6.07) is 8.34. The number of aryl methyl sites for hydroxylation is 1. The summed E-state index contributed by atoms with van der Waals surface area (Å²) in [5, 5.41) is 0. The van der Waals surface area contributed by atoms with Crippen LogP contribution in [0.15, 0.2) is 36.7 Å². The number of rotatable bonds is 1. The van der Waals surface area contributed by atoms with Crippen LogP contribution in [0.2, 0.25) is 0 Å². The molecule has 1 aromatic carbocycles. The number of ketones is 1. The molecule has 2 nitrogen and oxygen atoms in total. The van der Waals surface area contributed by atoms with Gasteiger partial charge in [0.1, 0.15) is 5.78 Å². The number of carbonyl (C=O) groups excluding carboxylic acids is 1. The third-order valence-electron chi connectivity index (χ3n) is 3.31. The second-order valence-corrected chi connectivity index (χ2v) is 4.57. The highest BCUT2D eigenvalue weighted by atomic mass is 16.1. The maximum absolute atomic E-state index is 11.4. The van der Waals surface area contributed by atoms with Crippen molar-refractivity contribution in [2.75, 3.05) is 0 Å². The first-order valence-corrected chi connectivity index (χ1v) is 5.78. The van der Waals surface area contributed by atoms with E-state index in [2.05, 4.69) is 30.1 Å². The molecule has 0 atom stereocenters. The molecule has 1 heterocycles. The van der Waals surface area contributed by atoms with Gasteiger partial charge >= 0.3 is 0 Å². The minimum atomic E-state index is 0.323. The second kappa shape index (κ2) is 3.81. The molecule has 17 heavy (non-hydrogen) atoms.